The summed E-state index contributed by atoms with van der Waals surface area (Å²) in [7, 11) is 0. The van der Waals surface area contributed by atoms with Gasteiger partial charge in [0.15, 0.2) is 0 Å². The lowest BCUT2D eigenvalue weighted by Gasteiger charge is -2.14. The maximum atomic E-state index is 12.3. The highest BCUT2D eigenvalue weighted by atomic mass is 16.4. The second-order valence-corrected chi connectivity index (χ2v) is 6.18. The van der Waals surface area contributed by atoms with E-state index >= 15 is 0 Å². The molecule has 2 rings (SSSR count). The predicted octanol–water partition coefficient (Wildman–Crippen LogP) is 3.21. The first-order valence-electron chi connectivity index (χ1n) is 8.62. The van der Waals surface area contributed by atoms with Gasteiger partial charge >= 0.3 is 5.97 Å². The Bertz CT molecular complexity index is 755. The molecule has 0 aliphatic rings. The molecule has 1 heterocycles. The maximum absolute atomic E-state index is 12.3. The van der Waals surface area contributed by atoms with Crippen molar-refractivity contribution in [3.05, 3.63) is 47.3 Å². The summed E-state index contributed by atoms with van der Waals surface area (Å²) in [6.45, 7) is 5.77. The number of hydrogen-bond donors (Lipinski definition) is 3. The molecule has 0 aliphatic heterocycles. The van der Waals surface area contributed by atoms with Crippen molar-refractivity contribution in [2.75, 3.05) is 5.32 Å². The number of hydrogen-bond acceptors (Lipinski definition) is 5. The fourth-order valence-electron chi connectivity index (χ4n) is 2.52. The van der Waals surface area contributed by atoms with E-state index < -0.39 is 17.9 Å². The van der Waals surface area contributed by atoms with E-state index in [1.807, 2.05) is 26.8 Å². The van der Waals surface area contributed by atoms with Crippen molar-refractivity contribution in [1.82, 2.24) is 15.3 Å². The summed E-state index contributed by atoms with van der Waals surface area (Å²) in [6.07, 6.45) is 2.04. The Kier molecular flexibility index (Phi) is 6.66. The number of carbonyl (C=O) groups is 2. The first kappa shape index (κ1) is 19.4. The fraction of sp³-hybridized carbons (Fsp3) is 0.368. The number of aliphatic carboxylic acids is 1. The van der Waals surface area contributed by atoms with Crippen LogP contribution in [0.1, 0.15) is 47.9 Å². The number of aromatic nitrogens is 2. The van der Waals surface area contributed by atoms with Gasteiger partial charge in [-0.3, -0.25) is 4.79 Å². The molecule has 1 unspecified atom stereocenters. The average molecular weight is 356 g/mol. The number of amides is 1. The number of carboxylic acids is 1. The molecule has 0 spiro atoms. The van der Waals surface area contributed by atoms with Crippen molar-refractivity contribution < 1.29 is 14.7 Å². The lowest BCUT2D eigenvalue weighted by Crippen LogP contribution is -2.40. The standard InChI is InChI=1S/C19H24N4O3/c1-4-5-6-16(18(25)26)23-17(24)14-7-9-15(10-8-14)22-19-20-12(2)11-13(3)21-19/h7-11,16H,4-6H2,1-3H3,(H,23,24)(H,25,26)(H,20,21,22). The van der Waals surface area contributed by atoms with Crippen molar-refractivity contribution in [2.24, 2.45) is 0 Å². The van der Waals surface area contributed by atoms with Crippen LogP contribution in [0, 0.1) is 13.8 Å². The van der Waals surface area contributed by atoms with Gasteiger partial charge in [-0.05, 0) is 50.6 Å². The van der Waals surface area contributed by atoms with E-state index in [1.54, 1.807) is 24.3 Å². The van der Waals surface area contributed by atoms with Crippen LogP contribution in [0.3, 0.4) is 0 Å². The second kappa shape index (κ2) is 8.94. The molecule has 1 atom stereocenters. The zero-order chi connectivity index (χ0) is 19.1. The smallest absolute Gasteiger partial charge is 0.326 e. The summed E-state index contributed by atoms with van der Waals surface area (Å²) in [5.41, 5.74) is 2.87. The van der Waals surface area contributed by atoms with Gasteiger partial charge in [0.25, 0.3) is 5.91 Å². The number of rotatable bonds is 8. The van der Waals surface area contributed by atoms with E-state index in [0.29, 0.717) is 17.9 Å². The van der Waals surface area contributed by atoms with Gasteiger partial charge in [0.1, 0.15) is 6.04 Å². The topological polar surface area (TPSA) is 104 Å². The third-order valence-electron chi connectivity index (χ3n) is 3.84. The lowest BCUT2D eigenvalue weighted by atomic mass is 10.1. The van der Waals surface area contributed by atoms with E-state index in [1.165, 1.54) is 0 Å². The Morgan fingerprint density at radius 3 is 2.27 bits per heavy atom. The Morgan fingerprint density at radius 2 is 1.73 bits per heavy atom. The molecule has 0 radical (unpaired) electrons. The zero-order valence-corrected chi connectivity index (χ0v) is 15.2. The number of nitrogens with one attached hydrogen (secondary N) is 2. The lowest BCUT2D eigenvalue weighted by molar-refractivity contribution is -0.139. The molecule has 0 saturated carbocycles. The van der Waals surface area contributed by atoms with Crippen molar-refractivity contribution in [3.63, 3.8) is 0 Å². The van der Waals surface area contributed by atoms with Crippen molar-refractivity contribution in [3.8, 4) is 0 Å². The third kappa shape index (κ3) is 5.54. The quantitative estimate of drug-likeness (QED) is 0.671. The highest BCUT2D eigenvalue weighted by molar-refractivity contribution is 5.96. The third-order valence-corrected chi connectivity index (χ3v) is 3.84. The molecule has 7 heteroatoms. The highest BCUT2D eigenvalue weighted by Gasteiger charge is 2.19. The first-order valence-corrected chi connectivity index (χ1v) is 8.62. The van der Waals surface area contributed by atoms with Crippen LogP contribution in [0.4, 0.5) is 11.6 Å². The molecule has 0 aliphatic carbocycles. The van der Waals surface area contributed by atoms with Crippen LogP contribution in [0.25, 0.3) is 0 Å². The Hall–Kier alpha value is -2.96. The number of anilines is 2. The Morgan fingerprint density at radius 1 is 1.12 bits per heavy atom. The second-order valence-electron chi connectivity index (χ2n) is 6.18. The summed E-state index contributed by atoms with van der Waals surface area (Å²) in [4.78, 5) is 32.1. The summed E-state index contributed by atoms with van der Waals surface area (Å²) in [6, 6.07) is 7.76. The SMILES string of the molecule is CCCCC(NC(=O)c1ccc(Nc2nc(C)cc(C)n2)cc1)C(=O)O. The molecule has 26 heavy (non-hydrogen) atoms. The summed E-state index contributed by atoms with van der Waals surface area (Å²) in [5, 5.41) is 14.9. The van der Waals surface area contributed by atoms with E-state index in [0.717, 1.165) is 29.9 Å². The van der Waals surface area contributed by atoms with Crippen molar-refractivity contribution in [2.45, 2.75) is 46.1 Å². The predicted molar refractivity (Wildman–Crippen MR) is 99.6 cm³/mol. The summed E-state index contributed by atoms with van der Waals surface area (Å²) >= 11 is 0. The van der Waals surface area contributed by atoms with Crippen LogP contribution in [0.15, 0.2) is 30.3 Å². The van der Waals surface area contributed by atoms with E-state index in [-0.39, 0.29) is 0 Å². The molecule has 0 saturated heterocycles. The minimum Gasteiger partial charge on any atom is -0.480 e. The molecule has 7 nitrogen and oxygen atoms in total. The number of unbranched alkanes of at least 4 members (excludes halogenated alkanes) is 1. The van der Waals surface area contributed by atoms with Crippen LogP contribution < -0.4 is 10.6 Å². The van der Waals surface area contributed by atoms with Gasteiger partial charge in [-0.1, -0.05) is 19.8 Å². The van der Waals surface area contributed by atoms with Gasteiger partial charge in [-0.2, -0.15) is 0 Å². The Labute approximate surface area is 152 Å². The molecule has 138 valence electrons. The number of nitrogens with zero attached hydrogens (tertiary/aromatic N) is 2. The molecule has 2 aromatic rings. The highest BCUT2D eigenvalue weighted by Crippen LogP contribution is 2.15. The van der Waals surface area contributed by atoms with Crippen LogP contribution in [0.2, 0.25) is 0 Å². The van der Waals surface area contributed by atoms with Gasteiger partial charge < -0.3 is 15.7 Å². The van der Waals surface area contributed by atoms with Gasteiger partial charge in [0.05, 0.1) is 0 Å². The van der Waals surface area contributed by atoms with Gasteiger partial charge in [-0.15, -0.1) is 0 Å². The first-order chi connectivity index (χ1) is 12.4. The van der Waals surface area contributed by atoms with E-state index in [9.17, 15) is 14.7 Å². The number of carbonyl (C=O) groups excluding carboxylic acids is 1. The van der Waals surface area contributed by atoms with Crippen molar-refractivity contribution >= 4 is 23.5 Å². The van der Waals surface area contributed by atoms with Crippen LogP contribution in [-0.2, 0) is 4.79 Å². The van der Waals surface area contributed by atoms with Crippen LogP contribution in [0.5, 0.6) is 0 Å². The molecule has 3 N–H and O–H groups in total. The maximum Gasteiger partial charge on any atom is 0.326 e. The summed E-state index contributed by atoms with van der Waals surface area (Å²) < 4.78 is 0. The van der Waals surface area contributed by atoms with E-state index in [2.05, 4.69) is 20.6 Å². The van der Waals surface area contributed by atoms with Crippen molar-refractivity contribution in [1.29, 1.82) is 0 Å². The molecular formula is C19H24N4O3. The zero-order valence-electron chi connectivity index (χ0n) is 15.2. The molecule has 1 aromatic heterocycles. The van der Waals surface area contributed by atoms with Gasteiger partial charge in [-0.25, -0.2) is 14.8 Å². The molecule has 0 bridgehead atoms. The Balaban J connectivity index is 2.03. The van der Waals surface area contributed by atoms with Gasteiger partial charge in [0, 0.05) is 22.6 Å². The van der Waals surface area contributed by atoms with Crippen LogP contribution >= 0.6 is 0 Å². The number of benzene rings is 1. The summed E-state index contributed by atoms with van der Waals surface area (Å²) in [5.74, 6) is -0.926. The molecule has 1 aromatic carbocycles. The van der Waals surface area contributed by atoms with Gasteiger partial charge in [0.2, 0.25) is 5.95 Å². The largest absolute Gasteiger partial charge is 0.480 e. The fourth-order valence-corrected chi connectivity index (χ4v) is 2.52. The minimum atomic E-state index is -1.02. The average Bonchev–Trinajstić information content (AvgIpc) is 2.58. The molecular weight excluding hydrogens is 332 g/mol. The molecule has 0 fully saturated rings. The number of aryl methyl sites for hydroxylation is 2. The van der Waals surface area contributed by atoms with Crippen LogP contribution in [-0.4, -0.2) is 33.0 Å². The monoisotopic (exact) mass is 356 g/mol. The molecule has 1 amide bonds. The minimum absolute atomic E-state index is 0.400. The van der Waals surface area contributed by atoms with E-state index in [4.69, 9.17) is 0 Å². The number of carboxylic acid groups (broad SMARTS) is 1. The normalized spacial score (nSPS) is 11.7.